The molecule has 10 nitrogen and oxygen atoms in total. The van der Waals surface area contributed by atoms with Crippen molar-refractivity contribution in [3.8, 4) is 0 Å². The van der Waals surface area contributed by atoms with Crippen LogP contribution in [0.4, 0.5) is 17.5 Å². The molecule has 3 aromatic heterocycles. The number of hydrogen-bond acceptors (Lipinski definition) is 8. The van der Waals surface area contributed by atoms with Gasteiger partial charge in [-0.05, 0) is 19.1 Å². The number of pyridine rings is 1. The highest BCUT2D eigenvalue weighted by Gasteiger charge is 2.20. The van der Waals surface area contributed by atoms with E-state index in [0.29, 0.717) is 29.8 Å². The van der Waals surface area contributed by atoms with E-state index in [2.05, 4.69) is 35.3 Å². The molecule has 0 saturated heterocycles. The summed E-state index contributed by atoms with van der Waals surface area (Å²) in [5, 5.41) is 6.24. The second-order valence-corrected chi connectivity index (χ2v) is 8.77. The average molecular weight is 431 g/mol. The molecule has 0 aromatic carbocycles. The van der Waals surface area contributed by atoms with Crippen LogP contribution in [-0.2, 0) is 17.1 Å². The van der Waals surface area contributed by atoms with Gasteiger partial charge in [-0.15, -0.1) is 0 Å². The predicted molar refractivity (Wildman–Crippen MR) is 115 cm³/mol. The van der Waals surface area contributed by atoms with Gasteiger partial charge in [0.1, 0.15) is 29.1 Å². The van der Waals surface area contributed by atoms with Crippen molar-refractivity contribution in [1.82, 2.24) is 29.2 Å². The van der Waals surface area contributed by atoms with Gasteiger partial charge in [-0.25, -0.2) is 33.1 Å². The van der Waals surface area contributed by atoms with Crippen LogP contribution in [0.15, 0.2) is 41.7 Å². The molecule has 0 bridgehead atoms. The van der Waals surface area contributed by atoms with Crippen molar-refractivity contribution >= 4 is 27.5 Å². The van der Waals surface area contributed by atoms with E-state index >= 15 is 0 Å². The van der Waals surface area contributed by atoms with Crippen molar-refractivity contribution in [2.24, 2.45) is 7.05 Å². The largest absolute Gasteiger partial charge is 0.369 e. The molecule has 0 unspecified atom stereocenters. The van der Waals surface area contributed by atoms with Gasteiger partial charge >= 0.3 is 0 Å². The molecule has 0 saturated carbocycles. The number of aromatic nitrogens is 5. The number of rotatable bonds is 9. The minimum Gasteiger partial charge on any atom is -0.369 e. The number of aryl methyl sites for hydroxylation is 2. The lowest BCUT2D eigenvalue weighted by Gasteiger charge is -2.10. The standard InChI is InChI=1S/C19H26N8O2S/c1-13(2)19-26-18(12-27(19)4)30(28,29)22-10-9-21-16-11-17(24-14(3)23-16)25-15-7-5-6-8-20-15/h5-8,11-13,22H,9-10H2,1-4H3,(H2,20,21,23,24,25). The molecule has 3 heterocycles. The lowest BCUT2D eigenvalue weighted by atomic mass is 10.2. The third-order valence-electron chi connectivity index (χ3n) is 4.16. The summed E-state index contributed by atoms with van der Waals surface area (Å²) in [5.74, 6) is 3.28. The maximum absolute atomic E-state index is 12.5. The number of hydrogen-bond donors (Lipinski definition) is 3. The van der Waals surface area contributed by atoms with Gasteiger partial charge in [-0.1, -0.05) is 19.9 Å². The summed E-state index contributed by atoms with van der Waals surface area (Å²) in [4.78, 5) is 17.1. The van der Waals surface area contributed by atoms with E-state index in [0.717, 1.165) is 5.82 Å². The first kappa shape index (κ1) is 21.7. The van der Waals surface area contributed by atoms with E-state index in [1.165, 1.54) is 6.20 Å². The first-order chi connectivity index (χ1) is 14.2. The summed E-state index contributed by atoms with van der Waals surface area (Å²) in [7, 11) is -1.89. The maximum atomic E-state index is 12.5. The van der Waals surface area contributed by atoms with Gasteiger partial charge < -0.3 is 15.2 Å². The lowest BCUT2D eigenvalue weighted by Crippen LogP contribution is -2.29. The Balaban J connectivity index is 1.58. The summed E-state index contributed by atoms with van der Waals surface area (Å²) < 4.78 is 29.3. The van der Waals surface area contributed by atoms with E-state index in [4.69, 9.17) is 0 Å². The number of nitrogens with one attached hydrogen (secondary N) is 3. The Morgan fingerprint density at radius 1 is 1.07 bits per heavy atom. The molecule has 11 heteroatoms. The fourth-order valence-electron chi connectivity index (χ4n) is 2.86. The summed E-state index contributed by atoms with van der Waals surface area (Å²) in [6.45, 7) is 6.25. The SMILES string of the molecule is Cc1nc(NCCNS(=O)(=O)c2cn(C)c(C(C)C)n2)cc(Nc2ccccn2)n1. The molecule has 0 aliphatic rings. The molecule has 30 heavy (non-hydrogen) atoms. The molecule has 0 radical (unpaired) electrons. The highest BCUT2D eigenvalue weighted by atomic mass is 32.2. The van der Waals surface area contributed by atoms with Gasteiger partial charge in [0, 0.05) is 44.5 Å². The van der Waals surface area contributed by atoms with Crippen LogP contribution in [0.2, 0.25) is 0 Å². The van der Waals surface area contributed by atoms with Crippen molar-refractivity contribution < 1.29 is 8.42 Å². The smallest absolute Gasteiger partial charge is 0.259 e. The first-order valence-corrected chi connectivity index (χ1v) is 11.0. The van der Waals surface area contributed by atoms with Crippen molar-refractivity contribution in [2.75, 3.05) is 23.7 Å². The van der Waals surface area contributed by atoms with E-state index in [1.807, 2.05) is 32.0 Å². The molecule has 0 fully saturated rings. The van der Waals surface area contributed by atoms with E-state index in [-0.39, 0.29) is 17.5 Å². The van der Waals surface area contributed by atoms with Crippen LogP contribution in [0, 0.1) is 6.92 Å². The van der Waals surface area contributed by atoms with Crippen LogP contribution >= 0.6 is 0 Å². The first-order valence-electron chi connectivity index (χ1n) is 9.55. The second-order valence-electron chi connectivity index (χ2n) is 7.05. The summed E-state index contributed by atoms with van der Waals surface area (Å²) >= 11 is 0. The number of nitrogens with zero attached hydrogens (tertiary/aromatic N) is 5. The zero-order valence-electron chi connectivity index (χ0n) is 17.4. The predicted octanol–water partition coefficient (Wildman–Crippen LogP) is 2.17. The molecular formula is C19H26N8O2S. The van der Waals surface area contributed by atoms with Gasteiger partial charge in [0.05, 0.1) is 0 Å². The summed E-state index contributed by atoms with van der Waals surface area (Å²) in [5.41, 5.74) is 0. The van der Waals surface area contributed by atoms with Crippen molar-refractivity contribution in [1.29, 1.82) is 0 Å². The van der Waals surface area contributed by atoms with Crippen molar-refractivity contribution in [3.63, 3.8) is 0 Å². The number of imidazole rings is 1. The van der Waals surface area contributed by atoms with E-state index < -0.39 is 10.0 Å². The molecule has 0 atom stereocenters. The average Bonchev–Trinajstić information content (AvgIpc) is 3.09. The monoisotopic (exact) mass is 430 g/mol. The topological polar surface area (TPSA) is 127 Å². The van der Waals surface area contributed by atoms with Gasteiger partial charge in [-0.3, -0.25) is 0 Å². The minimum absolute atomic E-state index is 0.0217. The Morgan fingerprint density at radius 3 is 2.50 bits per heavy atom. The third-order valence-corrected chi connectivity index (χ3v) is 5.50. The Labute approximate surface area is 176 Å². The minimum atomic E-state index is -3.68. The third kappa shape index (κ3) is 5.51. The molecular weight excluding hydrogens is 404 g/mol. The van der Waals surface area contributed by atoms with Crippen molar-refractivity contribution in [2.45, 2.75) is 31.7 Å². The fourth-order valence-corrected chi connectivity index (χ4v) is 3.89. The molecule has 3 rings (SSSR count). The second kappa shape index (κ2) is 9.18. The maximum Gasteiger partial charge on any atom is 0.259 e. The van der Waals surface area contributed by atoms with Gasteiger partial charge in [0.15, 0.2) is 5.03 Å². The zero-order chi connectivity index (χ0) is 21.7. The zero-order valence-corrected chi connectivity index (χ0v) is 18.2. The van der Waals surface area contributed by atoms with Crippen LogP contribution in [0.1, 0.15) is 31.4 Å². The molecule has 0 spiro atoms. The molecule has 3 N–H and O–H groups in total. The Kier molecular flexibility index (Phi) is 6.63. The number of anilines is 3. The van der Waals surface area contributed by atoms with Crippen LogP contribution < -0.4 is 15.4 Å². The van der Waals surface area contributed by atoms with Crippen LogP contribution in [0.3, 0.4) is 0 Å². The van der Waals surface area contributed by atoms with Crippen molar-refractivity contribution in [3.05, 3.63) is 48.3 Å². The molecule has 3 aromatic rings. The van der Waals surface area contributed by atoms with Crippen LogP contribution in [0.5, 0.6) is 0 Å². The Morgan fingerprint density at radius 2 is 1.83 bits per heavy atom. The van der Waals surface area contributed by atoms with Gasteiger partial charge in [0.25, 0.3) is 10.0 Å². The molecule has 0 aliphatic carbocycles. The molecule has 160 valence electrons. The van der Waals surface area contributed by atoms with Gasteiger partial charge in [0.2, 0.25) is 0 Å². The van der Waals surface area contributed by atoms with Gasteiger partial charge in [-0.2, -0.15) is 0 Å². The highest BCUT2D eigenvalue weighted by Crippen LogP contribution is 2.17. The summed E-state index contributed by atoms with van der Waals surface area (Å²) in [6.07, 6.45) is 3.21. The van der Waals surface area contributed by atoms with Crippen LogP contribution in [-0.4, -0.2) is 46.0 Å². The quantitative estimate of drug-likeness (QED) is 0.441. The summed E-state index contributed by atoms with van der Waals surface area (Å²) in [6, 6.07) is 7.28. The van der Waals surface area contributed by atoms with Crippen LogP contribution in [0.25, 0.3) is 0 Å². The fraction of sp³-hybridized carbons (Fsp3) is 0.368. The Bertz CT molecular complexity index is 1100. The number of sulfonamides is 1. The lowest BCUT2D eigenvalue weighted by molar-refractivity contribution is 0.579. The highest BCUT2D eigenvalue weighted by molar-refractivity contribution is 7.89. The Hall–Kier alpha value is -3.05. The normalized spacial score (nSPS) is 11.6. The van der Waals surface area contributed by atoms with E-state index in [1.54, 1.807) is 30.8 Å². The van der Waals surface area contributed by atoms with E-state index in [9.17, 15) is 8.42 Å². The molecule has 0 aliphatic heterocycles. The molecule has 0 amide bonds.